The molecular formula is C20H18F2N4O4S. The van der Waals surface area contributed by atoms with Crippen LogP contribution in [0.5, 0.6) is 0 Å². The van der Waals surface area contributed by atoms with Gasteiger partial charge in [-0.2, -0.15) is 9.40 Å². The molecule has 0 spiro atoms. The van der Waals surface area contributed by atoms with Crippen molar-refractivity contribution in [2.75, 3.05) is 26.2 Å². The smallest absolute Gasteiger partial charge is 0.275 e. The van der Waals surface area contributed by atoms with Crippen LogP contribution in [-0.2, 0) is 17.1 Å². The lowest BCUT2D eigenvalue weighted by atomic mass is 10.1. The Kier molecular flexibility index (Phi) is 5.31. The van der Waals surface area contributed by atoms with Crippen LogP contribution in [-0.4, -0.2) is 59.5 Å². The lowest BCUT2D eigenvalue weighted by Crippen LogP contribution is -2.51. The molecule has 4 rings (SSSR count). The highest BCUT2D eigenvalue weighted by molar-refractivity contribution is 7.89. The molecule has 0 radical (unpaired) electrons. The standard InChI is InChI=1S/C20H18F2N4O4S/c1-24-19(27)14-6-3-2-5-13(14)17(23-24)20(28)25-9-11-26(12-10-25)31(29,30)18-15(21)7-4-8-16(18)22/h2-8H,9-12H2,1H3. The number of amides is 1. The molecule has 1 aromatic heterocycles. The van der Waals surface area contributed by atoms with Crippen LogP contribution < -0.4 is 5.56 Å². The molecule has 1 amide bonds. The van der Waals surface area contributed by atoms with Gasteiger partial charge in [-0.15, -0.1) is 0 Å². The number of aromatic nitrogens is 2. The van der Waals surface area contributed by atoms with E-state index in [4.69, 9.17) is 0 Å². The first-order valence-electron chi connectivity index (χ1n) is 9.41. The number of piperazine rings is 1. The summed E-state index contributed by atoms with van der Waals surface area (Å²) in [5.74, 6) is -2.79. The van der Waals surface area contributed by atoms with Crippen molar-refractivity contribution in [1.82, 2.24) is 19.0 Å². The summed E-state index contributed by atoms with van der Waals surface area (Å²) in [5.41, 5.74) is -0.260. The average Bonchev–Trinajstić information content (AvgIpc) is 2.75. The molecule has 0 N–H and O–H groups in total. The predicted octanol–water partition coefficient (Wildman–Crippen LogP) is 1.36. The van der Waals surface area contributed by atoms with Crippen LogP contribution in [0.15, 0.2) is 52.2 Å². The number of nitrogens with zero attached hydrogens (tertiary/aromatic N) is 4. The summed E-state index contributed by atoms with van der Waals surface area (Å²) in [5, 5.41) is 4.85. The maximum Gasteiger partial charge on any atom is 0.275 e. The van der Waals surface area contributed by atoms with Gasteiger partial charge in [0.15, 0.2) is 10.6 Å². The second-order valence-electron chi connectivity index (χ2n) is 7.07. The van der Waals surface area contributed by atoms with E-state index >= 15 is 0 Å². The summed E-state index contributed by atoms with van der Waals surface area (Å²) in [6.45, 7) is -0.253. The van der Waals surface area contributed by atoms with Crippen molar-refractivity contribution in [2.24, 2.45) is 7.05 Å². The summed E-state index contributed by atoms with van der Waals surface area (Å²) in [6.07, 6.45) is 0. The molecule has 162 valence electrons. The van der Waals surface area contributed by atoms with E-state index in [0.29, 0.717) is 10.8 Å². The van der Waals surface area contributed by atoms with Crippen LogP contribution in [0, 0.1) is 11.6 Å². The van der Waals surface area contributed by atoms with E-state index in [1.165, 1.54) is 11.9 Å². The number of hydrogen-bond donors (Lipinski definition) is 0. The Hall–Kier alpha value is -3.18. The average molecular weight is 448 g/mol. The maximum absolute atomic E-state index is 14.0. The quantitative estimate of drug-likeness (QED) is 0.603. The second kappa shape index (κ2) is 7.82. The molecule has 1 aliphatic heterocycles. The first kappa shape index (κ1) is 21.1. The van der Waals surface area contributed by atoms with Gasteiger partial charge in [0.1, 0.15) is 11.6 Å². The van der Waals surface area contributed by atoms with Crippen molar-refractivity contribution in [2.45, 2.75) is 4.90 Å². The van der Waals surface area contributed by atoms with E-state index < -0.39 is 32.5 Å². The van der Waals surface area contributed by atoms with Gasteiger partial charge < -0.3 is 4.90 Å². The van der Waals surface area contributed by atoms with Gasteiger partial charge in [-0.05, 0) is 18.2 Å². The minimum atomic E-state index is -4.40. The zero-order valence-corrected chi connectivity index (χ0v) is 17.3. The molecule has 0 aliphatic carbocycles. The van der Waals surface area contributed by atoms with Gasteiger partial charge in [0, 0.05) is 38.6 Å². The number of halogens is 2. The fraction of sp³-hybridized carbons (Fsp3) is 0.250. The van der Waals surface area contributed by atoms with Crippen molar-refractivity contribution < 1.29 is 22.0 Å². The number of carbonyl (C=O) groups excluding carboxylic acids is 1. The third-order valence-corrected chi connectivity index (χ3v) is 7.15. The van der Waals surface area contributed by atoms with E-state index in [1.807, 2.05) is 0 Å². The second-order valence-corrected chi connectivity index (χ2v) is 8.94. The largest absolute Gasteiger partial charge is 0.335 e. The van der Waals surface area contributed by atoms with Crippen molar-refractivity contribution in [3.63, 3.8) is 0 Å². The van der Waals surface area contributed by atoms with E-state index in [9.17, 15) is 26.8 Å². The fourth-order valence-corrected chi connectivity index (χ4v) is 5.13. The van der Waals surface area contributed by atoms with Crippen molar-refractivity contribution >= 4 is 26.7 Å². The Bertz CT molecular complexity index is 1330. The van der Waals surface area contributed by atoms with Crippen molar-refractivity contribution in [3.8, 4) is 0 Å². The summed E-state index contributed by atoms with van der Waals surface area (Å²) in [7, 11) is -2.96. The van der Waals surface area contributed by atoms with E-state index in [-0.39, 0.29) is 37.4 Å². The SMILES string of the molecule is Cn1nc(C(=O)N2CCN(S(=O)(=O)c3c(F)cccc3F)CC2)c2ccccc2c1=O. The molecule has 31 heavy (non-hydrogen) atoms. The van der Waals surface area contributed by atoms with Crippen LogP contribution in [0.2, 0.25) is 0 Å². The number of fused-ring (bicyclic) bond motifs is 1. The summed E-state index contributed by atoms with van der Waals surface area (Å²) >= 11 is 0. The van der Waals surface area contributed by atoms with Crippen molar-refractivity contribution in [3.05, 3.63) is 70.1 Å². The monoisotopic (exact) mass is 448 g/mol. The minimum absolute atomic E-state index is 0.00693. The molecule has 3 aromatic rings. The van der Waals surface area contributed by atoms with Crippen LogP contribution >= 0.6 is 0 Å². The van der Waals surface area contributed by atoms with Crippen LogP contribution in [0.3, 0.4) is 0 Å². The first-order valence-corrected chi connectivity index (χ1v) is 10.9. The van der Waals surface area contributed by atoms with E-state index in [1.54, 1.807) is 24.3 Å². The molecule has 8 nitrogen and oxygen atoms in total. The van der Waals surface area contributed by atoms with Gasteiger partial charge in [-0.25, -0.2) is 21.9 Å². The zero-order chi connectivity index (χ0) is 22.3. The topological polar surface area (TPSA) is 92.6 Å². The van der Waals surface area contributed by atoms with Crippen LogP contribution in [0.1, 0.15) is 10.5 Å². The summed E-state index contributed by atoms with van der Waals surface area (Å²) in [4.78, 5) is 25.7. The Morgan fingerprint density at radius 1 is 0.935 bits per heavy atom. The summed E-state index contributed by atoms with van der Waals surface area (Å²) < 4.78 is 55.5. The zero-order valence-electron chi connectivity index (χ0n) is 16.5. The molecule has 2 aromatic carbocycles. The molecule has 0 atom stereocenters. The number of rotatable bonds is 3. The van der Waals surface area contributed by atoms with Gasteiger partial charge in [0.2, 0.25) is 10.0 Å². The highest BCUT2D eigenvalue weighted by Crippen LogP contribution is 2.24. The molecular weight excluding hydrogens is 430 g/mol. The number of carbonyl (C=O) groups is 1. The lowest BCUT2D eigenvalue weighted by molar-refractivity contribution is 0.0691. The third-order valence-electron chi connectivity index (χ3n) is 5.20. The van der Waals surface area contributed by atoms with E-state index in [0.717, 1.165) is 27.2 Å². The Labute approximate surface area is 176 Å². The predicted molar refractivity (Wildman–Crippen MR) is 108 cm³/mol. The minimum Gasteiger partial charge on any atom is -0.335 e. The molecule has 1 saturated heterocycles. The molecule has 11 heteroatoms. The highest BCUT2D eigenvalue weighted by atomic mass is 32.2. The molecule has 0 unspecified atom stereocenters. The lowest BCUT2D eigenvalue weighted by Gasteiger charge is -2.34. The van der Waals surface area contributed by atoms with Gasteiger partial charge >= 0.3 is 0 Å². The van der Waals surface area contributed by atoms with Gasteiger partial charge in [0.25, 0.3) is 11.5 Å². The fourth-order valence-electron chi connectivity index (χ4n) is 3.60. The molecule has 0 bridgehead atoms. The van der Waals surface area contributed by atoms with Gasteiger partial charge in [-0.1, -0.05) is 24.3 Å². The molecule has 1 aliphatic rings. The van der Waals surface area contributed by atoms with Gasteiger partial charge in [0.05, 0.1) is 5.39 Å². The maximum atomic E-state index is 14.0. The van der Waals surface area contributed by atoms with Crippen LogP contribution in [0.25, 0.3) is 10.8 Å². The number of benzene rings is 2. The van der Waals surface area contributed by atoms with E-state index in [2.05, 4.69) is 5.10 Å². The number of sulfonamides is 1. The molecule has 1 fully saturated rings. The Balaban J connectivity index is 1.59. The molecule has 0 saturated carbocycles. The third kappa shape index (κ3) is 3.59. The summed E-state index contributed by atoms with van der Waals surface area (Å²) in [6, 6.07) is 9.45. The van der Waals surface area contributed by atoms with Crippen molar-refractivity contribution in [1.29, 1.82) is 0 Å². The van der Waals surface area contributed by atoms with Crippen LogP contribution in [0.4, 0.5) is 8.78 Å². The Morgan fingerprint density at radius 2 is 1.52 bits per heavy atom. The number of hydrogen-bond acceptors (Lipinski definition) is 5. The van der Waals surface area contributed by atoms with Gasteiger partial charge in [-0.3, -0.25) is 9.59 Å². The Morgan fingerprint density at radius 3 is 2.13 bits per heavy atom. The molecule has 2 heterocycles. The first-order chi connectivity index (χ1) is 14.7. The number of aryl methyl sites for hydroxylation is 1. The normalized spacial score (nSPS) is 15.4. The highest BCUT2D eigenvalue weighted by Gasteiger charge is 2.34.